The lowest BCUT2D eigenvalue weighted by atomic mass is 9.89. The molecule has 1 aliphatic carbocycles. The fourth-order valence-electron chi connectivity index (χ4n) is 5.33. The van der Waals surface area contributed by atoms with Crippen LogP contribution < -0.4 is 5.32 Å². The largest absolute Gasteiger partial charge is 0.349 e. The van der Waals surface area contributed by atoms with E-state index in [2.05, 4.69) is 20.4 Å². The molecule has 5 rings (SSSR count). The Kier molecular flexibility index (Phi) is 6.21. The minimum atomic E-state index is -0.129. The molecule has 1 atom stereocenters. The van der Waals surface area contributed by atoms with Gasteiger partial charge in [-0.1, -0.05) is 49.6 Å². The van der Waals surface area contributed by atoms with E-state index in [1.165, 1.54) is 32.1 Å². The molecular formula is C24H32N6O2. The molecule has 1 saturated carbocycles. The SMILES string of the molecule is O=C(NCC1CCCCC1)c1nnc2n1CCN1CCN(C(=O)Cc3ccccc3)CC21. The Morgan fingerprint density at radius 1 is 0.969 bits per heavy atom. The molecule has 2 aliphatic heterocycles. The molecule has 170 valence electrons. The molecule has 3 aliphatic rings. The third kappa shape index (κ3) is 4.41. The molecule has 1 N–H and O–H groups in total. The third-order valence-electron chi connectivity index (χ3n) is 7.21. The van der Waals surface area contributed by atoms with E-state index in [1.54, 1.807) is 0 Å². The summed E-state index contributed by atoms with van der Waals surface area (Å²) >= 11 is 0. The number of nitrogens with one attached hydrogen (secondary N) is 1. The van der Waals surface area contributed by atoms with E-state index < -0.39 is 0 Å². The molecule has 0 bridgehead atoms. The molecule has 1 saturated heterocycles. The van der Waals surface area contributed by atoms with Crippen molar-refractivity contribution in [2.75, 3.05) is 32.7 Å². The second-order valence-electron chi connectivity index (χ2n) is 9.30. The first-order chi connectivity index (χ1) is 15.7. The van der Waals surface area contributed by atoms with Crippen molar-refractivity contribution in [3.63, 3.8) is 0 Å². The summed E-state index contributed by atoms with van der Waals surface area (Å²) in [4.78, 5) is 30.0. The average molecular weight is 437 g/mol. The van der Waals surface area contributed by atoms with Crippen LogP contribution in [-0.4, -0.2) is 69.1 Å². The smallest absolute Gasteiger partial charge is 0.289 e. The summed E-state index contributed by atoms with van der Waals surface area (Å²) in [5, 5.41) is 11.8. The highest BCUT2D eigenvalue weighted by Gasteiger charge is 2.38. The first-order valence-electron chi connectivity index (χ1n) is 12.0. The number of hydrogen-bond acceptors (Lipinski definition) is 5. The molecule has 8 nitrogen and oxygen atoms in total. The van der Waals surface area contributed by atoms with Crippen molar-refractivity contribution in [3.8, 4) is 0 Å². The van der Waals surface area contributed by atoms with E-state index in [4.69, 9.17) is 0 Å². The number of hydrogen-bond donors (Lipinski definition) is 1. The van der Waals surface area contributed by atoms with Gasteiger partial charge in [0.1, 0.15) is 0 Å². The summed E-state index contributed by atoms with van der Waals surface area (Å²) in [5.41, 5.74) is 1.03. The van der Waals surface area contributed by atoms with Gasteiger partial charge in [0.05, 0.1) is 12.5 Å². The van der Waals surface area contributed by atoms with Gasteiger partial charge in [0.15, 0.2) is 5.82 Å². The zero-order valence-corrected chi connectivity index (χ0v) is 18.6. The lowest BCUT2D eigenvalue weighted by Crippen LogP contribution is -2.54. The van der Waals surface area contributed by atoms with Gasteiger partial charge in [0.25, 0.3) is 5.91 Å². The Hall–Kier alpha value is -2.74. The van der Waals surface area contributed by atoms with E-state index >= 15 is 0 Å². The highest BCUT2D eigenvalue weighted by atomic mass is 16.2. The number of aromatic nitrogens is 3. The Morgan fingerprint density at radius 2 is 1.75 bits per heavy atom. The van der Waals surface area contributed by atoms with Gasteiger partial charge in [-0.25, -0.2) is 0 Å². The highest BCUT2D eigenvalue weighted by Crippen LogP contribution is 2.29. The van der Waals surface area contributed by atoms with Crippen molar-refractivity contribution < 1.29 is 9.59 Å². The first kappa shape index (κ1) is 21.1. The Morgan fingerprint density at radius 3 is 2.56 bits per heavy atom. The van der Waals surface area contributed by atoms with Gasteiger partial charge < -0.3 is 14.8 Å². The van der Waals surface area contributed by atoms with Gasteiger partial charge in [0, 0.05) is 39.3 Å². The molecular weight excluding hydrogens is 404 g/mol. The quantitative estimate of drug-likeness (QED) is 0.776. The van der Waals surface area contributed by atoms with Crippen molar-refractivity contribution in [1.29, 1.82) is 0 Å². The average Bonchev–Trinajstić information content (AvgIpc) is 3.28. The number of fused-ring (bicyclic) bond motifs is 3. The molecule has 0 spiro atoms. The summed E-state index contributed by atoms with van der Waals surface area (Å²) in [5.74, 6) is 1.79. The van der Waals surface area contributed by atoms with Crippen molar-refractivity contribution >= 4 is 11.8 Å². The number of piperazine rings is 1. The first-order valence-corrected chi connectivity index (χ1v) is 12.0. The zero-order chi connectivity index (χ0) is 21.9. The Labute approximate surface area is 189 Å². The number of nitrogens with zero attached hydrogens (tertiary/aromatic N) is 5. The topological polar surface area (TPSA) is 83.4 Å². The van der Waals surface area contributed by atoms with E-state index in [0.29, 0.717) is 31.3 Å². The highest BCUT2D eigenvalue weighted by molar-refractivity contribution is 5.90. The number of carbonyl (C=O) groups is 2. The van der Waals surface area contributed by atoms with Gasteiger partial charge in [-0.15, -0.1) is 10.2 Å². The number of rotatable bonds is 5. The van der Waals surface area contributed by atoms with Gasteiger partial charge in [-0.2, -0.15) is 0 Å². The molecule has 2 amide bonds. The molecule has 8 heteroatoms. The number of benzene rings is 1. The monoisotopic (exact) mass is 436 g/mol. The van der Waals surface area contributed by atoms with Crippen LogP contribution >= 0.6 is 0 Å². The summed E-state index contributed by atoms with van der Waals surface area (Å²) < 4.78 is 1.96. The summed E-state index contributed by atoms with van der Waals surface area (Å²) in [7, 11) is 0. The minimum Gasteiger partial charge on any atom is -0.349 e. The summed E-state index contributed by atoms with van der Waals surface area (Å²) in [6, 6.07) is 9.86. The third-order valence-corrected chi connectivity index (χ3v) is 7.21. The van der Waals surface area contributed by atoms with Gasteiger partial charge in [0.2, 0.25) is 11.7 Å². The minimum absolute atomic E-state index is 0.00961. The van der Waals surface area contributed by atoms with Crippen LogP contribution in [0, 0.1) is 5.92 Å². The van der Waals surface area contributed by atoms with E-state index in [9.17, 15) is 9.59 Å². The van der Waals surface area contributed by atoms with E-state index in [1.807, 2.05) is 39.8 Å². The number of carbonyl (C=O) groups excluding carboxylic acids is 2. The zero-order valence-electron chi connectivity index (χ0n) is 18.6. The van der Waals surface area contributed by atoms with Gasteiger partial charge in [-0.3, -0.25) is 14.5 Å². The predicted molar refractivity (Wildman–Crippen MR) is 120 cm³/mol. The van der Waals surface area contributed by atoms with Crippen LogP contribution in [0.25, 0.3) is 0 Å². The van der Waals surface area contributed by atoms with Crippen LogP contribution in [0.5, 0.6) is 0 Å². The van der Waals surface area contributed by atoms with Crippen LogP contribution in [0.3, 0.4) is 0 Å². The molecule has 1 aromatic heterocycles. The lowest BCUT2D eigenvalue weighted by Gasteiger charge is -2.43. The van der Waals surface area contributed by atoms with Crippen LogP contribution in [0.15, 0.2) is 30.3 Å². The maximum atomic E-state index is 12.9. The molecule has 2 fully saturated rings. The second kappa shape index (κ2) is 9.40. The molecule has 3 heterocycles. The Balaban J connectivity index is 1.24. The number of amides is 2. The fraction of sp³-hybridized carbons (Fsp3) is 0.583. The molecule has 1 unspecified atom stereocenters. The maximum absolute atomic E-state index is 12.9. The predicted octanol–water partition coefficient (Wildman–Crippen LogP) is 2.03. The normalized spacial score (nSPS) is 21.6. The van der Waals surface area contributed by atoms with Crippen molar-refractivity contribution in [1.82, 2.24) is 29.9 Å². The van der Waals surface area contributed by atoms with Crippen LogP contribution in [0.2, 0.25) is 0 Å². The standard InChI is InChI=1S/C24H32N6O2/c31-21(15-18-7-3-1-4-8-18)29-12-11-28-13-14-30-22(20(28)17-29)26-27-23(30)24(32)25-16-19-9-5-2-6-10-19/h1,3-4,7-8,19-20H,2,5-6,9-17H2,(H,25,32). The summed E-state index contributed by atoms with van der Waals surface area (Å²) in [6.07, 6.45) is 6.64. The lowest BCUT2D eigenvalue weighted by molar-refractivity contribution is -0.134. The van der Waals surface area contributed by atoms with Crippen LogP contribution in [-0.2, 0) is 17.8 Å². The maximum Gasteiger partial charge on any atom is 0.289 e. The molecule has 2 aromatic rings. The van der Waals surface area contributed by atoms with Crippen molar-refractivity contribution in [2.45, 2.75) is 51.1 Å². The van der Waals surface area contributed by atoms with Crippen LogP contribution in [0.4, 0.5) is 0 Å². The molecule has 1 aromatic carbocycles. The van der Waals surface area contributed by atoms with E-state index in [-0.39, 0.29) is 17.9 Å². The molecule has 32 heavy (non-hydrogen) atoms. The van der Waals surface area contributed by atoms with Crippen LogP contribution in [0.1, 0.15) is 60.2 Å². The molecule has 0 radical (unpaired) electrons. The fourth-order valence-corrected chi connectivity index (χ4v) is 5.33. The van der Waals surface area contributed by atoms with Crippen molar-refractivity contribution in [3.05, 3.63) is 47.5 Å². The summed E-state index contributed by atoms with van der Waals surface area (Å²) in [6.45, 7) is 4.42. The van der Waals surface area contributed by atoms with Gasteiger partial charge >= 0.3 is 0 Å². The van der Waals surface area contributed by atoms with E-state index in [0.717, 1.165) is 37.6 Å². The Bertz CT molecular complexity index is 953. The second-order valence-corrected chi connectivity index (χ2v) is 9.30. The van der Waals surface area contributed by atoms with Gasteiger partial charge in [-0.05, 0) is 24.3 Å². The van der Waals surface area contributed by atoms with Crippen molar-refractivity contribution in [2.24, 2.45) is 5.92 Å².